The number of carbonyl (C=O) groups excluding carboxylic acids is 2. The van der Waals surface area contributed by atoms with Gasteiger partial charge in [0.25, 0.3) is 0 Å². The summed E-state index contributed by atoms with van der Waals surface area (Å²) in [7, 11) is -1.98. The minimum absolute atomic E-state index is 0.00639. The molecule has 4 rings (SSSR count). The molecule has 1 aromatic rings. The van der Waals surface area contributed by atoms with Gasteiger partial charge >= 0.3 is 6.09 Å². The molecule has 2 fully saturated rings. The van der Waals surface area contributed by atoms with E-state index in [2.05, 4.69) is 38.8 Å². The normalized spacial score (nSPS) is 21.3. The molecule has 0 N–H and O–H groups in total. The number of ether oxygens (including phenoxy) is 1. The quantitative estimate of drug-likeness (QED) is 0.382. The molecule has 0 aromatic carbocycles. The van der Waals surface area contributed by atoms with Gasteiger partial charge in [0.1, 0.15) is 5.60 Å². The van der Waals surface area contributed by atoms with Crippen molar-refractivity contribution >= 4 is 36.8 Å². The summed E-state index contributed by atoms with van der Waals surface area (Å²) >= 11 is 1.71. The Balaban J connectivity index is 1.48. The van der Waals surface area contributed by atoms with E-state index in [1.165, 1.54) is 30.6 Å². The van der Waals surface area contributed by atoms with Crippen molar-refractivity contribution in [1.82, 2.24) is 14.8 Å². The molecule has 2 amide bonds. The Morgan fingerprint density at radius 1 is 1.03 bits per heavy atom. The second-order valence-corrected chi connectivity index (χ2v) is 20.0. The van der Waals surface area contributed by atoms with Crippen molar-refractivity contribution in [1.29, 1.82) is 0 Å². The number of fused-ring (bicyclic) bond motifs is 1. The lowest BCUT2D eigenvalue weighted by Gasteiger charge is -2.44. The van der Waals surface area contributed by atoms with Crippen LogP contribution in [0, 0.1) is 5.92 Å². The van der Waals surface area contributed by atoms with Crippen LogP contribution in [0.2, 0.25) is 18.1 Å². The van der Waals surface area contributed by atoms with Gasteiger partial charge in [-0.25, -0.2) is 9.78 Å². The van der Waals surface area contributed by atoms with Gasteiger partial charge in [0.15, 0.2) is 13.4 Å². The Hall–Kier alpha value is -1.65. The number of thiazole rings is 1. The van der Waals surface area contributed by atoms with Crippen molar-refractivity contribution in [3.63, 3.8) is 0 Å². The molecule has 10 heteroatoms. The second-order valence-electron chi connectivity index (χ2n) is 14.1. The third-order valence-electron chi connectivity index (χ3n) is 8.83. The van der Waals surface area contributed by atoms with Crippen LogP contribution in [0.5, 0.6) is 0 Å². The van der Waals surface area contributed by atoms with Gasteiger partial charge in [-0.15, -0.1) is 0 Å². The molecule has 0 spiro atoms. The molecule has 3 aliphatic rings. The molecule has 8 nitrogen and oxygen atoms in total. The monoisotopic (exact) mass is 578 g/mol. The first-order chi connectivity index (χ1) is 18.1. The first-order valence-electron chi connectivity index (χ1n) is 14.8. The van der Waals surface area contributed by atoms with Crippen LogP contribution < -0.4 is 4.90 Å². The minimum atomic E-state index is -1.98. The zero-order valence-corrected chi connectivity index (χ0v) is 27.3. The van der Waals surface area contributed by atoms with Crippen LogP contribution in [0.1, 0.15) is 84.2 Å². The van der Waals surface area contributed by atoms with E-state index < -0.39 is 13.9 Å². The average Bonchev–Trinajstić information content (AvgIpc) is 3.50. The highest BCUT2D eigenvalue weighted by molar-refractivity contribution is 7.15. The highest BCUT2D eigenvalue weighted by atomic mass is 32.1. The summed E-state index contributed by atoms with van der Waals surface area (Å²) in [5, 5.41) is 1.09. The molecule has 1 saturated heterocycles. The number of nitrogens with zero attached hydrogens (tertiary/aromatic N) is 4. The van der Waals surface area contributed by atoms with E-state index in [0.717, 1.165) is 23.8 Å². The number of amides is 2. The van der Waals surface area contributed by atoms with E-state index in [9.17, 15) is 9.59 Å². The molecule has 0 bridgehead atoms. The van der Waals surface area contributed by atoms with Crippen LogP contribution >= 0.6 is 11.3 Å². The smallest absolute Gasteiger partial charge is 0.410 e. The largest absolute Gasteiger partial charge is 0.444 e. The van der Waals surface area contributed by atoms with Crippen LogP contribution in [0.15, 0.2) is 0 Å². The summed E-state index contributed by atoms with van der Waals surface area (Å²) < 4.78 is 12.4. The predicted octanol–water partition coefficient (Wildman–Crippen LogP) is 6.06. The fraction of sp³-hybridized carbons (Fsp3) is 0.828. The lowest BCUT2D eigenvalue weighted by Crippen LogP contribution is -2.58. The topological polar surface area (TPSA) is 75.2 Å². The minimum Gasteiger partial charge on any atom is -0.444 e. The van der Waals surface area contributed by atoms with Crippen LogP contribution in [0.3, 0.4) is 0 Å². The maximum atomic E-state index is 13.0. The summed E-state index contributed by atoms with van der Waals surface area (Å²) in [5.41, 5.74) is 0.593. The number of hydrogen-bond donors (Lipinski definition) is 0. The summed E-state index contributed by atoms with van der Waals surface area (Å²) in [6.45, 7) is 20.8. The summed E-state index contributed by atoms with van der Waals surface area (Å²) in [5.74, 6) is 0.868. The Labute approximate surface area is 240 Å². The Kier molecular flexibility index (Phi) is 9.08. The van der Waals surface area contributed by atoms with Gasteiger partial charge in [0.05, 0.1) is 24.9 Å². The first kappa shape index (κ1) is 30.3. The number of anilines is 1. The molecule has 1 atom stereocenters. The van der Waals surface area contributed by atoms with Crippen LogP contribution in [-0.4, -0.2) is 79.5 Å². The Morgan fingerprint density at radius 2 is 1.72 bits per heavy atom. The zero-order valence-electron chi connectivity index (χ0n) is 25.5. The van der Waals surface area contributed by atoms with E-state index >= 15 is 0 Å². The molecule has 1 saturated carbocycles. The first-order valence-corrected chi connectivity index (χ1v) is 18.5. The molecule has 39 heavy (non-hydrogen) atoms. The van der Waals surface area contributed by atoms with Crippen molar-refractivity contribution in [3.05, 3.63) is 10.6 Å². The molecular weight excluding hydrogens is 528 g/mol. The van der Waals surface area contributed by atoms with Crippen molar-refractivity contribution in [2.45, 2.75) is 116 Å². The predicted molar refractivity (Wildman–Crippen MR) is 160 cm³/mol. The van der Waals surface area contributed by atoms with E-state index in [0.29, 0.717) is 51.0 Å². The summed E-state index contributed by atoms with van der Waals surface area (Å²) in [4.78, 5) is 38.4. The van der Waals surface area contributed by atoms with Crippen molar-refractivity contribution in [2.24, 2.45) is 5.92 Å². The second kappa shape index (κ2) is 11.7. The van der Waals surface area contributed by atoms with E-state index in [1.807, 2.05) is 30.6 Å². The van der Waals surface area contributed by atoms with Crippen molar-refractivity contribution in [3.8, 4) is 0 Å². The van der Waals surface area contributed by atoms with Crippen molar-refractivity contribution < 1.29 is 18.8 Å². The molecule has 1 aliphatic carbocycles. The van der Waals surface area contributed by atoms with Crippen LogP contribution in [0.25, 0.3) is 0 Å². The standard InChI is InChI=1S/C29H50N4O4SSi/c1-28(2,3)37-27(35)32-15-16-33(22(18-32)20-36-39(7,8)29(4,5)6)26-30-23-13-14-31(19-24(23)38-26)25(34)17-21-11-9-10-12-21/h21-22H,9-20H2,1-8H3/t22-/m1/s1. The zero-order chi connectivity index (χ0) is 28.6. The molecule has 1 aromatic heterocycles. The molecule has 0 unspecified atom stereocenters. The van der Waals surface area contributed by atoms with Crippen LogP contribution in [0.4, 0.5) is 9.93 Å². The number of rotatable bonds is 6. The fourth-order valence-electron chi connectivity index (χ4n) is 5.37. The summed E-state index contributed by atoms with van der Waals surface area (Å²) in [6.07, 6.45) is 6.16. The number of carbonyl (C=O) groups is 2. The van der Waals surface area contributed by atoms with Gasteiger partial charge in [0.2, 0.25) is 5.91 Å². The van der Waals surface area contributed by atoms with Gasteiger partial charge in [-0.1, -0.05) is 44.9 Å². The van der Waals surface area contributed by atoms with Gasteiger partial charge in [0, 0.05) is 43.9 Å². The average molecular weight is 579 g/mol. The van der Waals surface area contributed by atoms with Crippen molar-refractivity contribution in [2.75, 3.05) is 37.7 Å². The molecule has 3 heterocycles. The van der Waals surface area contributed by atoms with Gasteiger partial charge in [-0.3, -0.25) is 4.79 Å². The van der Waals surface area contributed by atoms with Crippen LogP contribution in [-0.2, 0) is 26.9 Å². The number of aromatic nitrogens is 1. The van der Waals surface area contributed by atoms with Gasteiger partial charge < -0.3 is 23.9 Å². The van der Waals surface area contributed by atoms with E-state index in [1.54, 1.807) is 11.3 Å². The van der Waals surface area contributed by atoms with E-state index in [-0.39, 0.29) is 17.2 Å². The highest BCUT2D eigenvalue weighted by Gasteiger charge is 2.40. The molecule has 0 radical (unpaired) electrons. The third-order valence-corrected chi connectivity index (χ3v) is 14.5. The molecule has 2 aliphatic heterocycles. The molecule has 220 valence electrons. The fourth-order valence-corrected chi connectivity index (χ4v) is 7.63. The maximum absolute atomic E-state index is 13.0. The lowest BCUT2D eigenvalue weighted by atomic mass is 10.0. The highest BCUT2D eigenvalue weighted by Crippen LogP contribution is 2.38. The Bertz CT molecular complexity index is 1030. The summed E-state index contributed by atoms with van der Waals surface area (Å²) in [6, 6.07) is -0.00639. The SMILES string of the molecule is CC(C)(C)OC(=O)N1CCN(c2nc3c(s2)CN(C(=O)CC2CCCC2)CC3)[C@@H](CO[Si](C)(C)C(C)(C)C)C1. The number of hydrogen-bond acceptors (Lipinski definition) is 7. The van der Waals surface area contributed by atoms with Gasteiger partial charge in [-0.2, -0.15) is 0 Å². The Morgan fingerprint density at radius 3 is 2.36 bits per heavy atom. The van der Waals surface area contributed by atoms with E-state index in [4.69, 9.17) is 14.1 Å². The molecular formula is C29H50N4O4SSi. The third kappa shape index (κ3) is 7.55. The number of piperazine rings is 1. The maximum Gasteiger partial charge on any atom is 0.410 e. The lowest BCUT2D eigenvalue weighted by molar-refractivity contribution is -0.133. The van der Waals surface area contributed by atoms with Gasteiger partial charge in [-0.05, 0) is 57.7 Å².